The van der Waals surface area contributed by atoms with Gasteiger partial charge in [0.15, 0.2) is 5.17 Å². The number of amides is 2. The fourth-order valence-electron chi connectivity index (χ4n) is 3.69. The molecule has 2 amide bonds. The van der Waals surface area contributed by atoms with Crippen LogP contribution in [0.5, 0.6) is 0 Å². The monoisotopic (exact) mass is 432 g/mol. The SMILES string of the molecule is CCC(CC)C(NC(=O)C1CCCCC1)C(=O)C(=O)N/N=C1\SCCN1C.Cl. The number of carbonyl (C=O) groups is 3. The maximum absolute atomic E-state index is 12.8. The van der Waals surface area contributed by atoms with Crippen molar-refractivity contribution in [3.05, 3.63) is 0 Å². The fourth-order valence-corrected chi connectivity index (χ4v) is 4.66. The van der Waals surface area contributed by atoms with Gasteiger partial charge in [0.2, 0.25) is 11.7 Å². The zero-order valence-electron chi connectivity index (χ0n) is 17.0. The summed E-state index contributed by atoms with van der Waals surface area (Å²) in [5, 5.41) is 7.65. The lowest BCUT2D eigenvalue weighted by Gasteiger charge is -2.28. The number of thioether (sulfide) groups is 1. The number of halogens is 1. The molecule has 0 aromatic heterocycles. The number of rotatable bonds is 8. The van der Waals surface area contributed by atoms with Crippen molar-refractivity contribution in [2.45, 2.75) is 64.8 Å². The number of Topliss-reactive ketones (excluding diaryl/α,β-unsaturated/α-hetero) is 1. The summed E-state index contributed by atoms with van der Waals surface area (Å²) in [6.45, 7) is 4.81. The van der Waals surface area contributed by atoms with Gasteiger partial charge in [-0.3, -0.25) is 14.4 Å². The summed E-state index contributed by atoms with van der Waals surface area (Å²) < 4.78 is 0. The lowest BCUT2D eigenvalue weighted by molar-refractivity contribution is -0.141. The maximum atomic E-state index is 12.8. The highest BCUT2D eigenvalue weighted by Gasteiger charge is 2.34. The molecular formula is C19H33ClN4O3S. The zero-order chi connectivity index (χ0) is 19.8. The summed E-state index contributed by atoms with van der Waals surface area (Å²) in [5.74, 6) is -0.660. The molecule has 2 fully saturated rings. The molecule has 0 bridgehead atoms. The fraction of sp³-hybridized carbons (Fsp3) is 0.789. The number of hydrazone groups is 1. The summed E-state index contributed by atoms with van der Waals surface area (Å²) in [6.07, 6.45) is 6.41. The maximum Gasteiger partial charge on any atom is 0.309 e. The normalized spacial score (nSPS) is 20.0. The van der Waals surface area contributed by atoms with Crippen LogP contribution in [-0.4, -0.2) is 53.1 Å². The van der Waals surface area contributed by atoms with E-state index in [1.807, 2.05) is 25.8 Å². The van der Waals surface area contributed by atoms with Crippen molar-refractivity contribution < 1.29 is 14.4 Å². The van der Waals surface area contributed by atoms with Crippen molar-refractivity contribution in [2.75, 3.05) is 19.3 Å². The number of nitrogens with one attached hydrogen (secondary N) is 2. The van der Waals surface area contributed by atoms with E-state index in [0.29, 0.717) is 5.17 Å². The minimum Gasteiger partial charge on any atom is -0.352 e. The van der Waals surface area contributed by atoms with Gasteiger partial charge in [0.25, 0.3) is 0 Å². The van der Waals surface area contributed by atoms with E-state index in [1.165, 1.54) is 11.8 Å². The molecule has 2 N–H and O–H groups in total. The smallest absolute Gasteiger partial charge is 0.309 e. The molecule has 1 unspecified atom stereocenters. The van der Waals surface area contributed by atoms with Crippen molar-refractivity contribution in [3.8, 4) is 0 Å². The second-order valence-corrected chi connectivity index (χ2v) is 8.43. The molecule has 2 aliphatic rings. The molecular weight excluding hydrogens is 400 g/mol. The van der Waals surface area contributed by atoms with Gasteiger partial charge in [-0.25, -0.2) is 5.43 Å². The van der Waals surface area contributed by atoms with Gasteiger partial charge in [0.1, 0.15) is 6.04 Å². The first-order valence-electron chi connectivity index (χ1n) is 10.0. The van der Waals surface area contributed by atoms with Crippen LogP contribution in [0, 0.1) is 11.8 Å². The van der Waals surface area contributed by atoms with Crippen LogP contribution in [0.3, 0.4) is 0 Å². The lowest BCUT2D eigenvalue weighted by atomic mass is 9.86. The topological polar surface area (TPSA) is 90.9 Å². The van der Waals surface area contributed by atoms with Crippen LogP contribution >= 0.6 is 24.2 Å². The molecule has 0 radical (unpaired) electrons. The molecule has 0 spiro atoms. The largest absolute Gasteiger partial charge is 0.352 e. The quantitative estimate of drug-likeness (QED) is 0.454. The second kappa shape index (κ2) is 12.3. The Hall–Kier alpha value is -1.28. The number of hydrogen-bond donors (Lipinski definition) is 2. The molecule has 1 saturated heterocycles. The Morgan fingerprint density at radius 1 is 1.18 bits per heavy atom. The van der Waals surface area contributed by atoms with Gasteiger partial charge < -0.3 is 10.2 Å². The summed E-state index contributed by atoms with van der Waals surface area (Å²) in [4.78, 5) is 39.8. The second-order valence-electron chi connectivity index (χ2n) is 7.37. The summed E-state index contributed by atoms with van der Waals surface area (Å²) >= 11 is 1.54. The van der Waals surface area contributed by atoms with E-state index in [9.17, 15) is 14.4 Å². The van der Waals surface area contributed by atoms with Crippen LogP contribution in [0.1, 0.15) is 58.8 Å². The van der Waals surface area contributed by atoms with Crippen molar-refractivity contribution in [3.63, 3.8) is 0 Å². The van der Waals surface area contributed by atoms with Crippen molar-refractivity contribution in [2.24, 2.45) is 16.9 Å². The average molecular weight is 433 g/mol. The molecule has 160 valence electrons. The third-order valence-corrected chi connectivity index (χ3v) is 6.59. The number of amidine groups is 1. The number of carbonyl (C=O) groups excluding carboxylic acids is 3. The number of ketones is 1. The minimum atomic E-state index is -0.788. The Bertz CT molecular complexity index is 578. The van der Waals surface area contributed by atoms with Crippen LogP contribution in [0.25, 0.3) is 0 Å². The third kappa shape index (κ3) is 6.65. The summed E-state index contributed by atoms with van der Waals surface area (Å²) in [6, 6.07) is -0.788. The molecule has 1 aliphatic carbocycles. The van der Waals surface area contributed by atoms with Gasteiger partial charge in [0, 0.05) is 25.3 Å². The van der Waals surface area contributed by atoms with Crippen LogP contribution < -0.4 is 10.7 Å². The predicted octanol–water partition coefficient (Wildman–Crippen LogP) is 2.54. The van der Waals surface area contributed by atoms with Gasteiger partial charge in [-0.1, -0.05) is 57.7 Å². The summed E-state index contributed by atoms with van der Waals surface area (Å²) in [5.41, 5.74) is 2.38. The van der Waals surface area contributed by atoms with Crippen molar-refractivity contribution in [1.29, 1.82) is 0 Å². The molecule has 1 aliphatic heterocycles. The van der Waals surface area contributed by atoms with Crippen molar-refractivity contribution >= 4 is 46.9 Å². The van der Waals surface area contributed by atoms with E-state index in [1.54, 1.807) is 0 Å². The van der Waals surface area contributed by atoms with Crippen LogP contribution in [0.4, 0.5) is 0 Å². The van der Waals surface area contributed by atoms with E-state index in [-0.39, 0.29) is 30.2 Å². The van der Waals surface area contributed by atoms with Gasteiger partial charge in [0.05, 0.1) is 0 Å². The highest BCUT2D eigenvalue weighted by molar-refractivity contribution is 8.14. The van der Waals surface area contributed by atoms with E-state index >= 15 is 0 Å². The van der Waals surface area contributed by atoms with E-state index < -0.39 is 17.7 Å². The first-order chi connectivity index (χ1) is 13.0. The highest BCUT2D eigenvalue weighted by atomic mass is 35.5. The molecule has 0 aromatic rings. The number of hydrogen-bond acceptors (Lipinski definition) is 5. The van der Waals surface area contributed by atoms with Crippen molar-refractivity contribution in [1.82, 2.24) is 15.6 Å². The van der Waals surface area contributed by atoms with Gasteiger partial charge in [-0.15, -0.1) is 17.5 Å². The van der Waals surface area contributed by atoms with Crippen LogP contribution in [-0.2, 0) is 14.4 Å². The minimum absolute atomic E-state index is 0. The molecule has 1 atom stereocenters. The Kier molecular flexibility index (Phi) is 10.9. The van der Waals surface area contributed by atoms with Gasteiger partial charge in [-0.2, -0.15) is 0 Å². The van der Waals surface area contributed by atoms with E-state index in [4.69, 9.17) is 0 Å². The van der Waals surface area contributed by atoms with Crippen LogP contribution in [0.2, 0.25) is 0 Å². The predicted molar refractivity (Wildman–Crippen MR) is 115 cm³/mol. The molecule has 1 saturated carbocycles. The standard InChI is InChI=1S/C19H32N4O3S.ClH/c1-4-13(5-2)15(20-17(25)14-9-7-6-8-10-14)16(24)18(26)21-22-19-23(3)11-12-27-19;/h13-15H,4-12H2,1-3H3,(H,20,25)(H,21,26);1H/b22-19-;. The Morgan fingerprint density at radius 2 is 1.82 bits per heavy atom. The summed E-state index contributed by atoms with van der Waals surface area (Å²) in [7, 11) is 1.89. The molecule has 9 heteroatoms. The Balaban J connectivity index is 0.00000392. The third-order valence-electron chi connectivity index (χ3n) is 5.54. The zero-order valence-corrected chi connectivity index (χ0v) is 18.7. The van der Waals surface area contributed by atoms with E-state index in [0.717, 1.165) is 57.2 Å². The Morgan fingerprint density at radius 3 is 2.36 bits per heavy atom. The average Bonchev–Trinajstić information content (AvgIpc) is 3.11. The molecule has 0 aromatic carbocycles. The first-order valence-corrected chi connectivity index (χ1v) is 11.0. The molecule has 7 nitrogen and oxygen atoms in total. The molecule has 2 rings (SSSR count). The lowest BCUT2D eigenvalue weighted by Crippen LogP contribution is -2.52. The molecule has 28 heavy (non-hydrogen) atoms. The Labute approximate surface area is 178 Å². The van der Waals surface area contributed by atoms with E-state index in [2.05, 4.69) is 15.8 Å². The van der Waals surface area contributed by atoms with Gasteiger partial charge in [-0.05, 0) is 18.8 Å². The molecule has 1 heterocycles. The first kappa shape index (κ1) is 24.8. The van der Waals surface area contributed by atoms with Crippen LogP contribution in [0.15, 0.2) is 5.10 Å². The number of nitrogens with zero attached hydrogens (tertiary/aromatic N) is 2. The highest BCUT2D eigenvalue weighted by Crippen LogP contribution is 2.24. The van der Waals surface area contributed by atoms with Gasteiger partial charge >= 0.3 is 5.91 Å².